The van der Waals surface area contributed by atoms with Crippen molar-refractivity contribution in [3.63, 3.8) is 0 Å². The van der Waals surface area contributed by atoms with Crippen LogP contribution in [0.3, 0.4) is 0 Å². The maximum absolute atomic E-state index is 12.7. The Balaban J connectivity index is 4.71. The maximum Gasteiger partial charge on any atom is 0.474 e. The molecule has 0 amide bonds. The minimum Gasteiger partial charge on any atom is -0.289 e. The van der Waals surface area contributed by atoms with Crippen molar-refractivity contribution in [1.29, 1.82) is 0 Å². The normalized spacial score (nSPS) is 14.2. The summed E-state index contributed by atoms with van der Waals surface area (Å²) in [6, 6.07) is 0. The van der Waals surface area contributed by atoms with Crippen molar-refractivity contribution in [1.82, 2.24) is 0 Å². The molecule has 0 N–H and O–H groups in total. The molecule has 0 aliphatic carbocycles. The van der Waals surface area contributed by atoms with E-state index in [4.69, 9.17) is 13.6 Å². The van der Waals surface area contributed by atoms with E-state index in [1.165, 1.54) is 0 Å². The number of phosphoric ester groups is 1. The van der Waals surface area contributed by atoms with Gasteiger partial charge in [-0.2, -0.15) is 0 Å². The van der Waals surface area contributed by atoms with Gasteiger partial charge >= 0.3 is 7.82 Å². The summed E-state index contributed by atoms with van der Waals surface area (Å²) in [5.41, 5.74) is 0. The lowest BCUT2D eigenvalue weighted by molar-refractivity contribution is 0.116. The second-order valence-electron chi connectivity index (χ2n) is 8.95. The van der Waals surface area contributed by atoms with Gasteiger partial charge in [0.05, 0.1) is 70.6 Å². The van der Waals surface area contributed by atoms with Gasteiger partial charge in [-0.25, -0.2) is 4.57 Å². The standard InChI is InChI=1S/C6H24B9O4P/c7-4(8,9)1-17-20(16,18-2-5(10,11)12)19-3-6(13,14)15/h1-3,7-15H2. The molecule has 0 atom stereocenters. The monoisotopic (exact) mass is 290 g/mol. The van der Waals surface area contributed by atoms with Crippen molar-refractivity contribution in [3.8, 4) is 0 Å². The molecular weight excluding hydrogens is 264 g/mol. The number of hydrogen-bond donors (Lipinski definition) is 0. The van der Waals surface area contributed by atoms with Gasteiger partial charge in [0, 0.05) is 19.8 Å². The SMILES string of the molecule is BC(B)(B)COP(=O)(OCC(B)(B)B)OCC(B)(B)B. The first-order chi connectivity index (χ1) is 8.62. The predicted octanol–water partition coefficient (Wildman–Crippen LogP) is -6.94. The van der Waals surface area contributed by atoms with Crippen LogP contribution in [0.5, 0.6) is 0 Å². The smallest absolute Gasteiger partial charge is 0.289 e. The summed E-state index contributed by atoms with van der Waals surface area (Å²) in [4.78, 5) is 0. The van der Waals surface area contributed by atoms with Crippen LogP contribution in [-0.2, 0) is 18.1 Å². The molecule has 104 valence electrons. The molecule has 0 radical (unpaired) electrons. The van der Waals surface area contributed by atoms with Crippen molar-refractivity contribution in [2.75, 3.05) is 19.8 Å². The zero-order chi connectivity index (χ0) is 16.2. The van der Waals surface area contributed by atoms with E-state index in [-0.39, 0.29) is 15.3 Å². The Hall–Kier alpha value is 0.694. The van der Waals surface area contributed by atoms with Crippen LogP contribution in [0.4, 0.5) is 0 Å². The molecule has 0 heterocycles. The number of hydrogen-bond acceptors (Lipinski definition) is 4. The molecule has 14 heteroatoms. The molecule has 0 spiro atoms. The molecule has 0 aliphatic rings. The molecule has 0 rings (SSSR count). The van der Waals surface area contributed by atoms with Crippen LogP contribution in [0, 0.1) is 0 Å². The van der Waals surface area contributed by atoms with Gasteiger partial charge < -0.3 is 0 Å². The predicted molar refractivity (Wildman–Crippen MR) is 110 cm³/mol. The lowest BCUT2D eigenvalue weighted by Gasteiger charge is -2.28. The highest BCUT2D eigenvalue weighted by molar-refractivity contribution is 7.48. The van der Waals surface area contributed by atoms with Gasteiger partial charge in [0.1, 0.15) is 0 Å². The van der Waals surface area contributed by atoms with Crippen molar-refractivity contribution in [2.24, 2.45) is 0 Å². The van der Waals surface area contributed by atoms with E-state index in [0.717, 1.165) is 0 Å². The van der Waals surface area contributed by atoms with Gasteiger partial charge in [-0.1, -0.05) is 15.3 Å². The van der Waals surface area contributed by atoms with E-state index < -0.39 is 7.82 Å². The highest BCUT2D eigenvalue weighted by Gasteiger charge is 2.32. The number of phosphoric acid groups is 1. The van der Waals surface area contributed by atoms with E-state index in [9.17, 15) is 4.57 Å². The van der Waals surface area contributed by atoms with Crippen molar-refractivity contribution >= 4 is 78.4 Å². The topological polar surface area (TPSA) is 44.8 Å². The Morgan fingerprint density at radius 1 is 0.600 bits per heavy atom. The zero-order valence-electron chi connectivity index (χ0n) is 14.7. The fourth-order valence-electron chi connectivity index (χ4n) is 0.930. The van der Waals surface area contributed by atoms with E-state index in [2.05, 4.69) is 0 Å². The van der Waals surface area contributed by atoms with Crippen LogP contribution < -0.4 is 0 Å². The van der Waals surface area contributed by atoms with Crippen LogP contribution in [0.25, 0.3) is 0 Å². The third-order valence-electron chi connectivity index (χ3n) is 1.97. The molecule has 4 nitrogen and oxygen atoms in total. The first-order valence-corrected chi connectivity index (χ1v) is 8.62. The Labute approximate surface area is 132 Å². The lowest BCUT2D eigenvalue weighted by Crippen LogP contribution is -2.25. The van der Waals surface area contributed by atoms with Crippen molar-refractivity contribution in [3.05, 3.63) is 0 Å². The molecule has 0 fully saturated rings. The molecule has 0 bridgehead atoms. The Morgan fingerprint density at radius 3 is 0.950 bits per heavy atom. The van der Waals surface area contributed by atoms with Gasteiger partial charge in [0.25, 0.3) is 0 Å². The van der Waals surface area contributed by atoms with Crippen LogP contribution in [0.1, 0.15) is 0 Å². The van der Waals surface area contributed by atoms with Crippen molar-refractivity contribution in [2.45, 2.75) is 15.3 Å². The van der Waals surface area contributed by atoms with Gasteiger partial charge in [-0.3, -0.25) is 13.6 Å². The highest BCUT2D eigenvalue weighted by Crippen LogP contribution is 2.52. The third-order valence-corrected chi connectivity index (χ3v) is 3.30. The van der Waals surface area contributed by atoms with E-state index in [0.29, 0.717) is 19.8 Å². The first kappa shape index (κ1) is 20.7. The molecule has 20 heavy (non-hydrogen) atoms. The Morgan fingerprint density at radius 2 is 0.800 bits per heavy atom. The van der Waals surface area contributed by atoms with Crippen LogP contribution in [-0.4, -0.2) is 90.4 Å². The fourth-order valence-corrected chi connectivity index (χ4v) is 2.79. The molecule has 0 saturated carbocycles. The molecule has 0 aromatic carbocycles. The van der Waals surface area contributed by atoms with Gasteiger partial charge in [0.15, 0.2) is 0 Å². The molecule has 0 saturated heterocycles. The summed E-state index contributed by atoms with van der Waals surface area (Å²) in [5, 5.41) is -0.274. The molecule has 0 aromatic heterocycles. The van der Waals surface area contributed by atoms with Crippen LogP contribution in [0.15, 0.2) is 0 Å². The Kier molecular flexibility index (Phi) is 7.56. The lowest BCUT2D eigenvalue weighted by atomic mass is 9.43. The van der Waals surface area contributed by atoms with Gasteiger partial charge in [-0.15, -0.1) is 0 Å². The third kappa shape index (κ3) is 12.4. The quantitative estimate of drug-likeness (QED) is 0.312. The largest absolute Gasteiger partial charge is 0.474 e. The summed E-state index contributed by atoms with van der Waals surface area (Å²) >= 11 is 0. The Bertz CT molecular complexity index is 294. The summed E-state index contributed by atoms with van der Waals surface area (Å²) < 4.78 is 29.2. The minimum atomic E-state index is -3.51. The summed E-state index contributed by atoms with van der Waals surface area (Å²) in [5.74, 6) is 0. The van der Waals surface area contributed by atoms with E-state index >= 15 is 0 Å². The van der Waals surface area contributed by atoms with Gasteiger partial charge in [-0.05, 0) is 0 Å². The molecule has 0 aromatic rings. The molecule has 0 unspecified atom stereocenters. The average molecular weight is 289 g/mol. The van der Waals surface area contributed by atoms with E-state index in [1.54, 1.807) is 0 Å². The minimum absolute atomic E-state index is 0.0914. The fraction of sp³-hybridized carbons (Fsp3) is 1.00. The van der Waals surface area contributed by atoms with Crippen LogP contribution >= 0.6 is 7.82 Å². The summed E-state index contributed by atoms with van der Waals surface area (Å²) in [6.07, 6.45) is 0. The summed E-state index contributed by atoms with van der Waals surface area (Å²) in [6.45, 7) is 0.996. The second-order valence-corrected chi connectivity index (χ2v) is 10.6. The zero-order valence-corrected chi connectivity index (χ0v) is 15.6. The first-order valence-electron chi connectivity index (χ1n) is 7.16. The highest BCUT2D eigenvalue weighted by atomic mass is 31.2. The van der Waals surface area contributed by atoms with Gasteiger partial charge in [0.2, 0.25) is 0 Å². The average Bonchev–Trinajstić information content (AvgIpc) is 2.18. The second kappa shape index (κ2) is 7.31. The number of rotatable bonds is 9. The van der Waals surface area contributed by atoms with E-state index in [1.807, 2.05) is 70.6 Å². The van der Waals surface area contributed by atoms with Crippen molar-refractivity contribution < 1.29 is 18.1 Å². The van der Waals surface area contributed by atoms with Crippen LogP contribution in [0.2, 0.25) is 15.3 Å². The molecule has 0 aliphatic heterocycles. The maximum atomic E-state index is 12.7. The summed E-state index contributed by atoms with van der Waals surface area (Å²) in [7, 11) is 14.7. The molecular formula is C6H24B9O4P.